The van der Waals surface area contributed by atoms with Crippen molar-refractivity contribution >= 4 is 5.95 Å². The monoisotopic (exact) mass is 187 g/mol. The van der Waals surface area contributed by atoms with Crippen molar-refractivity contribution in [3.8, 4) is 11.3 Å². The van der Waals surface area contributed by atoms with Crippen LogP contribution in [0, 0.1) is 6.92 Å². The van der Waals surface area contributed by atoms with Crippen molar-refractivity contribution < 1.29 is 0 Å². The van der Waals surface area contributed by atoms with Gasteiger partial charge < -0.3 is 10.3 Å². The van der Waals surface area contributed by atoms with Gasteiger partial charge in [0.2, 0.25) is 0 Å². The van der Waals surface area contributed by atoms with Gasteiger partial charge in [-0.3, -0.25) is 0 Å². The standard InChI is InChI=1S/C11H13N3/c1-8-3-5-9(6-4-8)10-7-14(2)11(12)13-10/h3-7H,1-2H3,(H2,12,13). The van der Waals surface area contributed by atoms with Crippen LogP contribution in [-0.4, -0.2) is 9.55 Å². The molecule has 0 amide bonds. The summed E-state index contributed by atoms with van der Waals surface area (Å²) >= 11 is 0. The molecule has 1 heterocycles. The molecule has 3 nitrogen and oxygen atoms in total. The van der Waals surface area contributed by atoms with Crippen molar-refractivity contribution in [1.29, 1.82) is 0 Å². The molecule has 0 saturated heterocycles. The lowest BCUT2D eigenvalue weighted by molar-refractivity contribution is 0.930. The summed E-state index contributed by atoms with van der Waals surface area (Å²) in [6.07, 6.45) is 1.93. The molecule has 14 heavy (non-hydrogen) atoms. The maximum atomic E-state index is 5.66. The van der Waals surface area contributed by atoms with E-state index in [0.717, 1.165) is 11.3 Å². The molecule has 3 heteroatoms. The minimum atomic E-state index is 0.542. The SMILES string of the molecule is Cc1ccc(-c2cn(C)c(N)n2)cc1. The summed E-state index contributed by atoms with van der Waals surface area (Å²) in [5, 5.41) is 0. The van der Waals surface area contributed by atoms with Gasteiger partial charge in [0.15, 0.2) is 5.95 Å². The van der Waals surface area contributed by atoms with Crippen molar-refractivity contribution in [2.24, 2.45) is 7.05 Å². The van der Waals surface area contributed by atoms with E-state index < -0.39 is 0 Å². The number of hydrogen-bond acceptors (Lipinski definition) is 2. The second kappa shape index (κ2) is 3.18. The van der Waals surface area contributed by atoms with Crippen LogP contribution in [0.1, 0.15) is 5.56 Å². The lowest BCUT2D eigenvalue weighted by Crippen LogP contribution is -1.94. The predicted octanol–water partition coefficient (Wildman–Crippen LogP) is 1.98. The number of imidazole rings is 1. The highest BCUT2D eigenvalue weighted by Crippen LogP contribution is 2.19. The number of aryl methyl sites for hydroxylation is 2. The Balaban J connectivity index is 2.44. The van der Waals surface area contributed by atoms with E-state index in [1.54, 1.807) is 0 Å². The van der Waals surface area contributed by atoms with E-state index in [1.807, 2.05) is 17.8 Å². The number of nitrogen functional groups attached to an aromatic ring is 1. The van der Waals surface area contributed by atoms with Crippen LogP contribution in [0.25, 0.3) is 11.3 Å². The summed E-state index contributed by atoms with van der Waals surface area (Å²) in [5.41, 5.74) is 8.93. The van der Waals surface area contributed by atoms with E-state index in [0.29, 0.717) is 5.95 Å². The molecule has 0 aliphatic carbocycles. The van der Waals surface area contributed by atoms with Crippen LogP contribution in [0.3, 0.4) is 0 Å². The first-order valence-corrected chi connectivity index (χ1v) is 4.52. The van der Waals surface area contributed by atoms with E-state index in [9.17, 15) is 0 Å². The molecular formula is C11H13N3. The van der Waals surface area contributed by atoms with Gasteiger partial charge in [-0.1, -0.05) is 29.8 Å². The number of hydrogen-bond donors (Lipinski definition) is 1. The quantitative estimate of drug-likeness (QED) is 0.741. The maximum absolute atomic E-state index is 5.66. The Bertz CT molecular complexity index is 421. The number of aromatic nitrogens is 2. The average molecular weight is 187 g/mol. The van der Waals surface area contributed by atoms with Gasteiger partial charge in [0, 0.05) is 18.8 Å². The van der Waals surface area contributed by atoms with Gasteiger partial charge in [0.25, 0.3) is 0 Å². The third-order valence-corrected chi connectivity index (χ3v) is 2.26. The Kier molecular flexibility index (Phi) is 2.00. The number of benzene rings is 1. The summed E-state index contributed by atoms with van der Waals surface area (Å²) < 4.78 is 1.81. The van der Waals surface area contributed by atoms with Crippen molar-refractivity contribution in [3.05, 3.63) is 36.0 Å². The number of nitrogens with two attached hydrogens (primary N) is 1. The Hall–Kier alpha value is -1.77. The Morgan fingerprint density at radius 1 is 1.21 bits per heavy atom. The average Bonchev–Trinajstić information content (AvgIpc) is 2.48. The van der Waals surface area contributed by atoms with Gasteiger partial charge in [0.1, 0.15) is 0 Å². The molecule has 0 fully saturated rings. The van der Waals surface area contributed by atoms with Crippen molar-refractivity contribution in [2.45, 2.75) is 6.92 Å². The van der Waals surface area contributed by atoms with E-state index >= 15 is 0 Å². The van der Waals surface area contributed by atoms with Crippen LogP contribution in [0.15, 0.2) is 30.5 Å². The summed E-state index contributed by atoms with van der Waals surface area (Å²) in [4.78, 5) is 4.25. The fourth-order valence-corrected chi connectivity index (χ4v) is 1.34. The lowest BCUT2D eigenvalue weighted by Gasteiger charge is -1.96. The molecule has 0 atom stereocenters. The number of rotatable bonds is 1. The molecule has 0 saturated carbocycles. The van der Waals surface area contributed by atoms with E-state index in [-0.39, 0.29) is 0 Å². The van der Waals surface area contributed by atoms with Crippen LogP contribution >= 0.6 is 0 Å². The van der Waals surface area contributed by atoms with Crippen LogP contribution in [0.2, 0.25) is 0 Å². The van der Waals surface area contributed by atoms with Gasteiger partial charge in [-0.25, -0.2) is 4.98 Å². The summed E-state index contributed by atoms with van der Waals surface area (Å²) in [6, 6.07) is 8.24. The highest BCUT2D eigenvalue weighted by atomic mass is 15.1. The molecule has 0 unspecified atom stereocenters. The van der Waals surface area contributed by atoms with Crippen LogP contribution in [0.5, 0.6) is 0 Å². The zero-order valence-electron chi connectivity index (χ0n) is 8.36. The molecule has 0 aliphatic heterocycles. The van der Waals surface area contributed by atoms with Gasteiger partial charge >= 0.3 is 0 Å². The van der Waals surface area contributed by atoms with Crippen molar-refractivity contribution in [2.75, 3.05) is 5.73 Å². The molecule has 1 aromatic heterocycles. The summed E-state index contributed by atoms with van der Waals surface area (Å²) in [6.45, 7) is 2.07. The Morgan fingerprint density at radius 3 is 2.36 bits per heavy atom. The zero-order valence-corrected chi connectivity index (χ0v) is 8.36. The number of anilines is 1. The first kappa shape index (κ1) is 8.81. The second-order valence-electron chi connectivity index (χ2n) is 3.46. The van der Waals surface area contributed by atoms with Gasteiger partial charge in [-0.05, 0) is 6.92 Å². The largest absolute Gasteiger partial charge is 0.369 e. The third kappa shape index (κ3) is 1.48. The highest BCUT2D eigenvalue weighted by molar-refractivity contribution is 5.60. The highest BCUT2D eigenvalue weighted by Gasteiger charge is 2.03. The third-order valence-electron chi connectivity index (χ3n) is 2.26. The van der Waals surface area contributed by atoms with Crippen molar-refractivity contribution in [1.82, 2.24) is 9.55 Å². The van der Waals surface area contributed by atoms with Crippen LogP contribution in [0.4, 0.5) is 5.95 Å². The summed E-state index contributed by atoms with van der Waals surface area (Å²) in [7, 11) is 1.89. The van der Waals surface area contributed by atoms with Gasteiger partial charge in [-0.2, -0.15) is 0 Å². The minimum absolute atomic E-state index is 0.542. The minimum Gasteiger partial charge on any atom is -0.369 e. The fraction of sp³-hybridized carbons (Fsp3) is 0.182. The molecule has 2 N–H and O–H groups in total. The van der Waals surface area contributed by atoms with Crippen LogP contribution < -0.4 is 5.73 Å². The lowest BCUT2D eigenvalue weighted by atomic mass is 10.1. The molecule has 0 radical (unpaired) electrons. The fourth-order valence-electron chi connectivity index (χ4n) is 1.34. The summed E-state index contributed by atoms with van der Waals surface area (Å²) in [5.74, 6) is 0.542. The van der Waals surface area contributed by atoms with E-state index in [2.05, 4.69) is 36.2 Å². The maximum Gasteiger partial charge on any atom is 0.200 e. The van der Waals surface area contributed by atoms with Crippen molar-refractivity contribution in [3.63, 3.8) is 0 Å². The van der Waals surface area contributed by atoms with Gasteiger partial charge in [-0.15, -0.1) is 0 Å². The Morgan fingerprint density at radius 2 is 1.86 bits per heavy atom. The molecule has 2 rings (SSSR count). The molecule has 1 aromatic carbocycles. The molecule has 0 aliphatic rings. The van der Waals surface area contributed by atoms with E-state index in [1.165, 1.54) is 5.56 Å². The normalized spacial score (nSPS) is 10.4. The molecule has 0 spiro atoms. The first-order valence-electron chi connectivity index (χ1n) is 4.52. The second-order valence-corrected chi connectivity index (χ2v) is 3.46. The molecule has 72 valence electrons. The van der Waals surface area contributed by atoms with Gasteiger partial charge in [0.05, 0.1) is 5.69 Å². The Labute approximate surface area is 83.2 Å². The number of nitrogens with zero attached hydrogens (tertiary/aromatic N) is 2. The predicted molar refractivity (Wildman–Crippen MR) is 57.8 cm³/mol. The molecular weight excluding hydrogens is 174 g/mol. The first-order chi connectivity index (χ1) is 6.66. The molecule has 2 aromatic rings. The molecule has 0 bridgehead atoms. The van der Waals surface area contributed by atoms with Crippen LogP contribution in [-0.2, 0) is 7.05 Å². The zero-order chi connectivity index (χ0) is 10.1. The van der Waals surface area contributed by atoms with E-state index in [4.69, 9.17) is 5.73 Å². The smallest absolute Gasteiger partial charge is 0.200 e. The topological polar surface area (TPSA) is 43.8 Å².